The van der Waals surface area contributed by atoms with Crippen LogP contribution in [0.5, 0.6) is 0 Å². The number of amides is 1. The van der Waals surface area contributed by atoms with Crippen LogP contribution in [-0.2, 0) is 17.5 Å². The number of hydrogen-bond acceptors (Lipinski definition) is 3. The highest BCUT2D eigenvalue weighted by Crippen LogP contribution is 2.29. The summed E-state index contributed by atoms with van der Waals surface area (Å²) < 4.78 is 38.1. The van der Waals surface area contributed by atoms with E-state index in [1.807, 2.05) is 11.8 Å². The Bertz CT molecular complexity index is 745. The maximum Gasteiger partial charge on any atom is 0.416 e. The Balaban J connectivity index is 1.45. The number of likely N-dealkylation sites (tertiary alicyclic amines) is 2. The second-order valence-corrected chi connectivity index (χ2v) is 8.16. The number of nitrogens with one attached hydrogen (secondary N) is 2. The van der Waals surface area contributed by atoms with Crippen LogP contribution in [0.1, 0.15) is 43.7 Å². The number of benzene rings is 1. The minimum absolute atomic E-state index is 0.167. The van der Waals surface area contributed by atoms with E-state index < -0.39 is 11.7 Å². The largest absolute Gasteiger partial charge is 0.416 e. The highest BCUT2D eigenvalue weighted by molar-refractivity contribution is 5.81. The fourth-order valence-electron chi connectivity index (χ4n) is 4.05. The summed E-state index contributed by atoms with van der Waals surface area (Å²) in [6.45, 7) is 7.17. The molecule has 1 amide bonds. The molecule has 2 aliphatic heterocycles. The van der Waals surface area contributed by atoms with Gasteiger partial charge in [0.05, 0.1) is 12.1 Å². The third-order valence-electron chi connectivity index (χ3n) is 5.70. The summed E-state index contributed by atoms with van der Waals surface area (Å²) in [7, 11) is 0. The number of halogens is 3. The number of alkyl halides is 3. The van der Waals surface area contributed by atoms with Crippen molar-refractivity contribution in [2.24, 2.45) is 4.99 Å². The molecule has 9 heteroatoms. The summed E-state index contributed by atoms with van der Waals surface area (Å²) >= 11 is 0. The minimum atomic E-state index is -4.30. The van der Waals surface area contributed by atoms with Crippen molar-refractivity contribution in [1.29, 1.82) is 0 Å². The lowest BCUT2D eigenvalue weighted by Crippen LogP contribution is -2.44. The Morgan fingerprint density at radius 3 is 2.52 bits per heavy atom. The van der Waals surface area contributed by atoms with E-state index in [4.69, 9.17) is 0 Å². The Morgan fingerprint density at radius 1 is 1.16 bits per heavy atom. The van der Waals surface area contributed by atoms with Crippen LogP contribution in [0.3, 0.4) is 0 Å². The molecule has 2 saturated heterocycles. The van der Waals surface area contributed by atoms with E-state index in [-0.39, 0.29) is 11.9 Å². The molecule has 0 radical (unpaired) electrons. The maximum atomic E-state index is 12.7. The van der Waals surface area contributed by atoms with Crippen LogP contribution in [0.4, 0.5) is 13.2 Å². The average Bonchev–Trinajstić information content (AvgIpc) is 3.40. The van der Waals surface area contributed by atoms with Crippen molar-refractivity contribution in [3.05, 3.63) is 35.4 Å². The number of guanidine groups is 1. The normalized spacial score (nSPS) is 20.3. The van der Waals surface area contributed by atoms with Gasteiger partial charge in [-0.3, -0.25) is 14.7 Å². The summed E-state index contributed by atoms with van der Waals surface area (Å²) in [6, 6.07) is 5.58. The fourth-order valence-corrected chi connectivity index (χ4v) is 4.05. The van der Waals surface area contributed by atoms with Gasteiger partial charge in [-0.15, -0.1) is 0 Å². The molecule has 3 rings (SSSR count). The highest BCUT2D eigenvalue weighted by Gasteiger charge is 2.30. The van der Waals surface area contributed by atoms with E-state index in [1.165, 1.54) is 0 Å². The molecule has 2 aliphatic rings. The van der Waals surface area contributed by atoms with Gasteiger partial charge in [-0.05, 0) is 43.9 Å². The van der Waals surface area contributed by atoms with Gasteiger partial charge in [-0.1, -0.05) is 12.1 Å². The Kier molecular flexibility index (Phi) is 8.17. The lowest BCUT2D eigenvalue weighted by molar-refractivity contribution is -0.137. The Morgan fingerprint density at radius 2 is 1.87 bits per heavy atom. The summed E-state index contributed by atoms with van der Waals surface area (Å²) in [5, 5.41) is 6.66. The smallest absolute Gasteiger partial charge is 0.357 e. The molecule has 1 unspecified atom stereocenters. The van der Waals surface area contributed by atoms with Gasteiger partial charge in [-0.2, -0.15) is 13.2 Å². The lowest BCUT2D eigenvalue weighted by Gasteiger charge is -2.19. The number of hydrogen-bond donors (Lipinski definition) is 2. The van der Waals surface area contributed by atoms with E-state index in [1.54, 1.807) is 12.1 Å². The van der Waals surface area contributed by atoms with Crippen molar-refractivity contribution in [3.8, 4) is 0 Å². The van der Waals surface area contributed by atoms with Crippen molar-refractivity contribution in [3.63, 3.8) is 0 Å². The molecule has 0 aliphatic carbocycles. The van der Waals surface area contributed by atoms with Crippen LogP contribution in [0.15, 0.2) is 29.3 Å². The maximum absolute atomic E-state index is 12.7. The predicted molar refractivity (Wildman–Crippen MR) is 115 cm³/mol. The first-order chi connectivity index (χ1) is 14.8. The fraction of sp³-hybridized carbons (Fsp3) is 0.636. The van der Waals surface area contributed by atoms with E-state index >= 15 is 0 Å². The predicted octanol–water partition coefficient (Wildman–Crippen LogP) is 2.85. The minimum Gasteiger partial charge on any atom is -0.357 e. The van der Waals surface area contributed by atoms with Crippen molar-refractivity contribution < 1.29 is 18.0 Å². The van der Waals surface area contributed by atoms with Gasteiger partial charge in [0.2, 0.25) is 5.91 Å². The Hall–Kier alpha value is -2.29. The van der Waals surface area contributed by atoms with Crippen molar-refractivity contribution in [2.75, 3.05) is 39.3 Å². The first kappa shape index (κ1) is 23.4. The van der Waals surface area contributed by atoms with Crippen LogP contribution >= 0.6 is 0 Å². The summed E-state index contributed by atoms with van der Waals surface area (Å²) in [5.74, 6) is 0.874. The lowest BCUT2D eigenvalue weighted by atomic mass is 10.1. The van der Waals surface area contributed by atoms with Gasteiger partial charge in [0.25, 0.3) is 0 Å². The monoisotopic (exact) mass is 439 g/mol. The van der Waals surface area contributed by atoms with Crippen LogP contribution in [-0.4, -0.2) is 67.0 Å². The standard InChI is InChI=1S/C22H32F3N5O/c1-2-26-21(27-11-9-20(31)30-12-3-4-13-30)28-19-10-14-29(16-19)15-17-5-7-18(8-6-17)22(23,24)25/h5-8,19H,2-4,9-16H2,1H3,(H2,26,27,28). The van der Waals surface area contributed by atoms with E-state index in [0.717, 1.165) is 69.7 Å². The van der Waals surface area contributed by atoms with Gasteiger partial charge in [0, 0.05) is 51.7 Å². The molecule has 2 fully saturated rings. The zero-order chi connectivity index (χ0) is 22.3. The highest BCUT2D eigenvalue weighted by atomic mass is 19.4. The van der Waals surface area contributed by atoms with E-state index in [9.17, 15) is 18.0 Å². The molecule has 0 aromatic heterocycles. The van der Waals surface area contributed by atoms with Gasteiger partial charge >= 0.3 is 6.18 Å². The molecule has 6 nitrogen and oxygen atoms in total. The second-order valence-electron chi connectivity index (χ2n) is 8.16. The third kappa shape index (κ3) is 7.12. The second kappa shape index (κ2) is 10.8. The first-order valence-electron chi connectivity index (χ1n) is 11.1. The molecule has 1 aromatic carbocycles. The van der Waals surface area contributed by atoms with Gasteiger partial charge in [0.1, 0.15) is 0 Å². The molecular formula is C22H32F3N5O. The molecule has 0 bridgehead atoms. The molecule has 31 heavy (non-hydrogen) atoms. The Labute approximate surface area is 181 Å². The van der Waals surface area contributed by atoms with E-state index in [2.05, 4.69) is 20.5 Å². The topological polar surface area (TPSA) is 60.0 Å². The van der Waals surface area contributed by atoms with Gasteiger partial charge in [0.15, 0.2) is 5.96 Å². The first-order valence-corrected chi connectivity index (χ1v) is 11.1. The molecule has 0 saturated carbocycles. The third-order valence-corrected chi connectivity index (χ3v) is 5.70. The SMILES string of the molecule is CCNC(=NCCC(=O)N1CCCC1)NC1CCN(Cc2ccc(C(F)(F)F)cc2)C1. The molecule has 0 spiro atoms. The van der Waals surface area contributed by atoms with Crippen LogP contribution in [0.2, 0.25) is 0 Å². The average molecular weight is 440 g/mol. The number of nitrogens with zero attached hydrogens (tertiary/aromatic N) is 3. The summed E-state index contributed by atoms with van der Waals surface area (Å²) in [6.07, 6.45) is -0.783. The van der Waals surface area contributed by atoms with Crippen molar-refractivity contribution >= 4 is 11.9 Å². The molecule has 1 aromatic rings. The van der Waals surface area contributed by atoms with Crippen LogP contribution < -0.4 is 10.6 Å². The zero-order valence-electron chi connectivity index (χ0n) is 18.0. The van der Waals surface area contributed by atoms with Crippen LogP contribution in [0, 0.1) is 0 Å². The molecule has 2 N–H and O–H groups in total. The van der Waals surface area contributed by atoms with Gasteiger partial charge < -0.3 is 15.5 Å². The number of carbonyl (C=O) groups is 1. The molecular weight excluding hydrogens is 407 g/mol. The molecule has 1 atom stereocenters. The summed E-state index contributed by atoms with van der Waals surface area (Å²) in [5.41, 5.74) is 0.251. The quantitative estimate of drug-likeness (QED) is 0.507. The summed E-state index contributed by atoms with van der Waals surface area (Å²) in [4.78, 5) is 20.9. The molecule has 172 valence electrons. The number of carbonyl (C=O) groups excluding carboxylic acids is 1. The van der Waals surface area contributed by atoms with Crippen molar-refractivity contribution in [2.45, 2.75) is 51.4 Å². The van der Waals surface area contributed by atoms with Gasteiger partial charge in [-0.25, -0.2) is 0 Å². The van der Waals surface area contributed by atoms with Crippen molar-refractivity contribution in [1.82, 2.24) is 20.4 Å². The van der Waals surface area contributed by atoms with Crippen LogP contribution in [0.25, 0.3) is 0 Å². The molecule has 2 heterocycles. The number of rotatable bonds is 7. The number of aliphatic imine (C=N–C) groups is 1. The zero-order valence-corrected chi connectivity index (χ0v) is 18.0. The van der Waals surface area contributed by atoms with E-state index in [0.29, 0.717) is 25.5 Å².